The maximum atomic E-state index is 12.3. The van der Waals surface area contributed by atoms with Crippen LogP contribution in [0.5, 0.6) is 17.2 Å². The predicted molar refractivity (Wildman–Crippen MR) is 131 cm³/mol. The minimum Gasteiger partial charge on any atom is -0.493 e. The summed E-state index contributed by atoms with van der Waals surface area (Å²) in [5.74, 6) is 1.72. The summed E-state index contributed by atoms with van der Waals surface area (Å²) in [4.78, 5) is 12.3. The van der Waals surface area contributed by atoms with E-state index in [9.17, 15) is 4.79 Å². The first-order valence-electron chi connectivity index (χ1n) is 10.2. The molecule has 3 rings (SSSR count). The average molecular weight is 496 g/mol. The molecule has 0 radical (unpaired) electrons. The third-order valence-electron chi connectivity index (χ3n) is 4.40. The van der Waals surface area contributed by atoms with E-state index in [1.165, 1.54) is 6.08 Å². The van der Waals surface area contributed by atoms with Crippen LogP contribution in [-0.2, 0) is 11.4 Å². The number of rotatable bonds is 9. The van der Waals surface area contributed by atoms with Gasteiger partial charge in [0.2, 0.25) is 5.91 Å². The standard InChI is InChI=1S/C26H26BrNO4/c1-18(2)32-22-12-10-21(11-13-22)28-25(29)14-9-20-15-23(27)26(24(16-20)30-3)31-17-19-7-5-4-6-8-19/h4-16,18H,17H2,1-3H3,(H,28,29)/b14-9+. The van der Waals surface area contributed by atoms with E-state index in [0.717, 1.165) is 21.3 Å². The highest BCUT2D eigenvalue weighted by Gasteiger charge is 2.11. The van der Waals surface area contributed by atoms with E-state index in [4.69, 9.17) is 14.2 Å². The van der Waals surface area contributed by atoms with Gasteiger partial charge in [0.05, 0.1) is 17.7 Å². The van der Waals surface area contributed by atoms with Crippen molar-refractivity contribution in [1.29, 1.82) is 0 Å². The first-order chi connectivity index (χ1) is 15.4. The topological polar surface area (TPSA) is 56.8 Å². The van der Waals surface area contributed by atoms with Crippen LogP contribution in [0.15, 0.2) is 77.3 Å². The molecule has 0 fully saturated rings. The Kier molecular flexibility index (Phi) is 8.34. The Hall–Kier alpha value is -3.25. The molecule has 0 bridgehead atoms. The number of hydrogen-bond acceptors (Lipinski definition) is 4. The molecule has 0 spiro atoms. The molecule has 0 saturated heterocycles. The van der Waals surface area contributed by atoms with Crippen LogP contribution in [0, 0.1) is 0 Å². The molecule has 0 aliphatic heterocycles. The third-order valence-corrected chi connectivity index (χ3v) is 4.99. The molecule has 166 valence electrons. The minimum absolute atomic E-state index is 0.102. The fourth-order valence-electron chi connectivity index (χ4n) is 2.95. The number of carbonyl (C=O) groups is 1. The zero-order valence-electron chi connectivity index (χ0n) is 18.3. The van der Waals surface area contributed by atoms with Gasteiger partial charge in [-0.15, -0.1) is 0 Å². The van der Waals surface area contributed by atoms with E-state index in [1.54, 1.807) is 13.2 Å². The highest BCUT2D eigenvalue weighted by molar-refractivity contribution is 9.10. The van der Waals surface area contributed by atoms with Gasteiger partial charge in [0.1, 0.15) is 12.4 Å². The lowest BCUT2D eigenvalue weighted by Crippen LogP contribution is -2.08. The molecule has 0 atom stereocenters. The van der Waals surface area contributed by atoms with Crippen LogP contribution < -0.4 is 19.5 Å². The summed E-state index contributed by atoms with van der Waals surface area (Å²) in [7, 11) is 1.59. The molecule has 0 unspecified atom stereocenters. The molecule has 1 amide bonds. The summed E-state index contributed by atoms with van der Waals surface area (Å²) >= 11 is 3.55. The number of anilines is 1. The van der Waals surface area contributed by atoms with Crippen molar-refractivity contribution in [2.75, 3.05) is 12.4 Å². The molecular weight excluding hydrogens is 470 g/mol. The molecule has 0 heterocycles. The summed E-state index contributed by atoms with van der Waals surface area (Å²) < 4.78 is 17.8. The van der Waals surface area contributed by atoms with Gasteiger partial charge in [0.15, 0.2) is 11.5 Å². The Morgan fingerprint density at radius 1 is 1.06 bits per heavy atom. The molecule has 0 saturated carbocycles. The van der Waals surface area contributed by atoms with Crippen molar-refractivity contribution in [3.8, 4) is 17.2 Å². The molecule has 5 nitrogen and oxygen atoms in total. The van der Waals surface area contributed by atoms with Crippen molar-refractivity contribution in [3.63, 3.8) is 0 Å². The second-order valence-corrected chi connectivity index (χ2v) is 8.18. The van der Waals surface area contributed by atoms with Crippen molar-refractivity contribution in [1.82, 2.24) is 0 Å². The summed E-state index contributed by atoms with van der Waals surface area (Å²) in [6, 6.07) is 20.9. The van der Waals surface area contributed by atoms with Gasteiger partial charge in [-0.05, 0) is 83.4 Å². The van der Waals surface area contributed by atoms with Crippen LogP contribution in [0.4, 0.5) is 5.69 Å². The third kappa shape index (κ3) is 6.89. The SMILES string of the molecule is COc1cc(/C=C/C(=O)Nc2ccc(OC(C)C)cc2)cc(Br)c1OCc1ccccc1. The van der Waals surface area contributed by atoms with Crippen LogP contribution in [0.2, 0.25) is 0 Å². The maximum absolute atomic E-state index is 12.3. The van der Waals surface area contributed by atoms with Gasteiger partial charge in [0, 0.05) is 11.8 Å². The van der Waals surface area contributed by atoms with Crippen molar-refractivity contribution >= 4 is 33.6 Å². The summed E-state index contributed by atoms with van der Waals surface area (Å²) in [5.41, 5.74) is 2.56. The number of benzene rings is 3. The maximum Gasteiger partial charge on any atom is 0.248 e. The zero-order chi connectivity index (χ0) is 22.9. The van der Waals surface area contributed by atoms with Gasteiger partial charge >= 0.3 is 0 Å². The Bertz CT molecular complexity index is 1060. The first-order valence-corrected chi connectivity index (χ1v) is 11.0. The van der Waals surface area contributed by atoms with Crippen LogP contribution in [0.25, 0.3) is 6.08 Å². The molecule has 6 heteroatoms. The van der Waals surface area contributed by atoms with Crippen LogP contribution in [0.3, 0.4) is 0 Å². The lowest BCUT2D eigenvalue weighted by molar-refractivity contribution is -0.111. The molecule has 32 heavy (non-hydrogen) atoms. The van der Waals surface area contributed by atoms with E-state index in [2.05, 4.69) is 21.2 Å². The smallest absolute Gasteiger partial charge is 0.248 e. The molecular formula is C26H26BrNO4. The average Bonchev–Trinajstić information content (AvgIpc) is 2.78. The Morgan fingerprint density at radius 3 is 2.44 bits per heavy atom. The van der Waals surface area contributed by atoms with Crippen LogP contribution in [0.1, 0.15) is 25.0 Å². The fraction of sp³-hybridized carbons (Fsp3) is 0.192. The van der Waals surface area contributed by atoms with Gasteiger partial charge in [-0.25, -0.2) is 0 Å². The van der Waals surface area contributed by atoms with Crippen molar-refractivity contribution in [2.24, 2.45) is 0 Å². The van der Waals surface area contributed by atoms with Crippen LogP contribution in [-0.4, -0.2) is 19.1 Å². The first kappa shape index (κ1) is 23.4. The molecule has 3 aromatic rings. The number of carbonyl (C=O) groups excluding carboxylic acids is 1. The normalized spacial score (nSPS) is 10.9. The van der Waals surface area contributed by atoms with E-state index in [-0.39, 0.29) is 12.0 Å². The van der Waals surface area contributed by atoms with Crippen molar-refractivity contribution < 1.29 is 19.0 Å². The van der Waals surface area contributed by atoms with Crippen molar-refractivity contribution in [3.05, 3.63) is 88.4 Å². The van der Waals surface area contributed by atoms with E-state index in [1.807, 2.05) is 80.6 Å². The molecule has 1 N–H and O–H groups in total. The number of methoxy groups -OCH3 is 1. The fourth-order valence-corrected chi connectivity index (χ4v) is 3.52. The number of hydrogen-bond donors (Lipinski definition) is 1. The molecule has 0 aromatic heterocycles. The Balaban J connectivity index is 1.64. The predicted octanol–water partition coefficient (Wildman–Crippen LogP) is 6.48. The van der Waals surface area contributed by atoms with Gasteiger partial charge in [0.25, 0.3) is 0 Å². The zero-order valence-corrected chi connectivity index (χ0v) is 19.9. The lowest BCUT2D eigenvalue weighted by Gasteiger charge is -2.13. The monoisotopic (exact) mass is 495 g/mol. The van der Waals surface area contributed by atoms with E-state index < -0.39 is 0 Å². The van der Waals surface area contributed by atoms with Gasteiger partial charge in [-0.3, -0.25) is 4.79 Å². The second kappa shape index (κ2) is 11.4. The van der Waals surface area contributed by atoms with Gasteiger partial charge < -0.3 is 19.5 Å². The molecule has 0 aliphatic carbocycles. The van der Waals surface area contributed by atoms with Crippen molar-refractivity contribution in [2.45, 2.75) is 26.6 Å². The Morgan fingerprint density at radius 2 is 1.78 bits per heavy atom. The summed E-state index contributed by atoms with van der Waals surface area (Å²) in [6.07, 6.45) is 3.30. The largest absolute Gasteiger partial charge is 0.493 e. The number of ether oxygens (including phenoxy) is 3. The highest BCUT2D eigenvalue weighted by Crippen LogP contribution is 2.37. The van der Waals surface area contributed by atoms with E-state index >= 15 is 0 Å². The molecule has 0 aliphatic rings. The number of nitrogens with one attached hydrogen (secondary N) is 1. The summed E-state index contributed by atoms with van der Waals surface area (Å²) in [6.45, 7) is 4.36. The quantitative estimate of drug-likeness (QED) is 0.345. The number of halogens is 1. The van der Waals surface area contributed by atoms with Crippen LogP contribution >= 0.6 is 15.9 Å². The number of amides is 1. The Labute approximate surface area is 197 Å². The second-order valence-electron chi connectivity index (χ2n) is 7.32. The lowest BCUT2D eigenvalue weighted by atomic mass is 10.2. The van der Waals surface area contributed by atoms with E-state index in [0.29, 0.717) is 23.8 Å². The van der Waals surface area contributed by atoms with Gasteiger partial charge in [-0.2, -0.15) is 0 Å². The minimum atomic E-state index is -0.234. The summed E-state index contributed by atoms with van der Waals surface area (Å²) in [5, 5.41) is 2.84. The molecule has 3 aromatic carbocycles. The highest BCUT2D eigenvalue weighted by atomic mass is 79.9. The van der Waals surface area contributed by atoms with Gasteiger partial charge in [-0.1, -0.05) is 30.3 Å².